The Bertz CT molecular complexity index is 965. The lowest BCUT2D eigenvalue weighted by atomic mass is 9.75. The van der Waals surface area contributed by atoms with Crippen LogP contribution in [0.15, 0.2) is 59.2 Å². The molecule has 0 unspecified atom stereocenters. The third-order valence-corrected chi connectivity index (χ3v) is 5.17. The van der Waals surface area contributed by atoms with Crippen molar-refractivity contribution in [3.8, 4) is 0 Å². The van der Waals surface area contributed by atoms with Gasteiger partial charge in [-0.2, -0.15) is 0 Å². The second kappa shape index (κ2) is 7.54. The second-order valence-corrected chi connectivity index (χ2v) is 7.04. The minimum atomic E-state index is -2.05. The van der Waals surface area contributed by atoms with E-state index in [-0.39, 0.29) is 0 Å². The van der Waals surface area contributed by atoms with Crippen LogP contribution in [-0.4, -0.2) is 36.7 Å². The number of carbonyl (C=O) groups is 2. The van der Waals surface area contributed by atoms with Gasteiger partial charge in [0.2, 0.25) is 5.54 Å². The lowest BCUT2D eigenvalue weighted by molar-refractivity contribution is -0.162. The maximum absolute atomic E-state index is 12.7. The van der Waals surface area contributed by atoms with Crippen molar-refractivity contribution in [1.29, 1.82) is 0 Å². The predicted octanol–water partition coefficient (Wildman–Crippen LogP) is 3.11. The highest BCUT2D eigenvalue weighted by atomic mass is 79.9. The van der Waals surface area contributed by atoms with Crippen molar-refractivity contribution in [1.82, 2.24) is 4.98 Å². The molecular formula is C20H19BrN2O4. The van der Waals surface area contributed by atoms with Crippen LogP contribution in [0.2, 0.25) is 0 Å². The van der Waals surface area contributed by atoms with E-state index in [1.807, 2.05) is 48.5 Å². The number of methoxy groups -OCH3 is 2. The SMILES string of the molecule is COC(=O)C(N)(C(=O)OC)[C@@H](c1ccc(Br)cc1)c1c[nH]c2ccccc12. The number of esters is 2. The summed E-state index contributed by atoms with van der Waals surface area (Å²) in [6.45, 7) is 0. The van der Waals surface area contributed by atoms with Crippen molar-refractivity contribution < 1.29 is 19.1 Å². The molecule has 0 bridgehead atoms. The van der Waals surface area contributed by atoms with Gasteiger partial charge in [0.25, 0.3) is 0 Å². The first kappa shape index (κ1) is 19.1. The monoisotopic (exact) mass is 430 g/mol. The molecule has 6 nitrogen and oxygen atoms in total. The zero-order chi connectivity index (χ0) is 19.6. The van der Waals surface area contributed by atoms with Crippen molar-refractivity contribution in [2.75, 3.05) is 14.2 Å². The number of nitrogens with one attached hydrogen (secondary N) is 1. The van der Waals surface area contributed by atoms with E-state index in [9.17, 15) is 9.59 Å². The van der Waals surface area contributed by atoms with E-state index in [4.69, 9.17) is 15.2 Å². The van der Waals surface area contributed by atoms with Crippen LogP contribution in [0.4, 0.5) is 0 Å². The number of carbonyl (C=O) groups excluding carboxylic acids is 2. The number of para-hydroxylation sites is 1. The first-order valence-corrected chi connectivity index (χ1v) is 9.00. The molecule has 1 atom stereocenters. The van der Waals surface area contributed by atoms with Crippen molar-refractivity contribution in [2.45, 2.75) is 11.5 Å². The molecule has 0 aliphatic rings. The minimum Gasteiger partial charge on any atom is -0.467 e. The number of nitrogens with two attached hydrogens (primary N) is 1. The summed E-state index contributed by atoms with van der Waals surface area (Å²) < 4.78 is 10.6. The lowest BCUT2D eigenvalue weighted by Crippen LogP contribution is -2.60. The first-order valence-electron chi connectivity index (χ1n) is 8.20. The summed E-state index contributed by atoms with van der Waals surface area (Å²) in [5.74, 6) is -2.55. The largest absolute Gasteiger partial charge is 0.467 e. The number of hydrogen-bond acceptors (Lipinski definition) is 5. The van der Waals surface area contributed by atoms with Crippen molar-refractivity contribution in [3.63, 3.8) is 0 Å². The Morgan fingerprint density at radius 3 is 2.22 bits per heavy atom. The Balaban J connectivity index is 2.31. The minimum absolute atomic E-state index is 0.682. The summed E-state index contributed by atoms with van der Waals surface area (Å²) in [6.07, 6.45) is 1.75. The first-order chi connectivity index (χ1) is 12.9. The molecule has 3 aromatic rings. The molecule has 3 N–H and O–H groups in total. The molecule has 27 heavy (non-hydrogen) atoms. The van der Waals surface area contributed by atoms with Gasteiger partial charge in [0.1, 0.15) is 0 Å². The standard InChI is InChI=1S/C20H19BrN2O4/c1-26-18(24)20(22,19(25)27-2)17(12-7-9-13(21)10-8-12)15-11-23-16-6-4-3-5-14(15)16/h3-11,17,23H,22H2,1-2H3/t17-/m0/s1. The number of benzene rings is 2. The predicted molar refractivity (Wildman–Crippen MR) is 105 cm³/mol. The van der Waals surface area contributed by atoms with Crippen molar-refractivity contribution >= 4 is 38.8 Å². The summed E-state index contributed by atoms with van der Waals surface area (Å²) in [5.41, 5.74) is 6.62. The third-order valence-electron chi connectivity index (χ3n) is 4.64. The van der Waals surface area contributed by atoms with Crippen LogP contribution < -0.4 is 5.73 Å². The van der Waals surface area contributed by atoms with Gasteiger partial charge in [0, 0.05) is 21.6 Å². The fraction of sp³-hybridized carbons (Fsp3) is 0.200. The van der Waals surface area contributed by atoms with Crippen LogP contribution in [0.25, 0.3) is 10.9 Å². The number of halogens is 1. The fourth-order valence-electron chi connectivity index (χ4n) is 3.33. The molecule has 0 saturated carbocycles. The van der Waals surface area contributed by atoms with Gasteiger partial charge in [-0.25, -0.2) is 9.59 Å². The van der Waals surface area contributed by atoms with Crippen molar-refractivity contribution in [2.24, 2.45) is 5.73 Å². The Morgan fingerprint density at radius 1 is 1.04 bits per heavy atom. The van der Waals surface area contributed by atoms with Gasteiger partial charge in [0.15, 0.2) is 0 Å². The van der Waals surface area contributed by atoms with E-state index in [2.05, 4.69) is 20.9 Å². The third kappa shape index (κ3) is 3.24. The van der Waals surface area contributed by atoms with Gasteiger partial charge in [-0.3, -0.25) is 0 Å². The number of H-pyrrole nitrogens is 1. The number of ether oxygens (including phenoxy) is 2. The Morgan fingerprint density at radius 2 is 1.63 bits per heavy atom. The highest BCUT2D eigenvalue weighted by Gasteiger charge is 2.53. The number of hydrogen-bond donors (Lipinski definition) is 2. The topological polar surface area (TPSA) is 94.4 Å². The summed E-state index contributed by atoms with van der Waals surface area (Å²) in [4.78, 5) is 28.5. The molecular weight excluding hydrogens is 412 g/mol. The molecule has 2 aromatic carbocycles. The molecule has 1 aromatic heterocycles. The van der Waals surface area contributed by atoms with Crippen LogP contribution in [0.3, 0.4) is 0 Å². The quantitative estimate of drug-likeness (QED) is 0.478. The van der Waals surface area contributed by atoms with Gasteiger partial charge < -0.3 is 20.2 Å². The molecule has 0 radical (unpaired) electrons. The normalized spacial score (nSPS) is 12.6. The zero-order valence-corrected chi connectivity index (χ0v) is 16.4. The molecule has 0 spiro atoms. The fourth-order valence-corrected chi connectivity index (χ4v) is 3.60. The number of rotatable bonds is 5. The number of aromatic amines is 1. The van der Waals surface area contributed by atoms with Crippen LogP contribution in [0.5, 0.6) is 0 Å². The maximum atomic E-state index is 12.7. The molecule has 1 heterocycles. The second-order valence-electron chi connectivity index (χ2n) is 6.13. The average molecular weight is 431 g/mol. The highest BCUT2D eigenvalue weighted by molar-refractivity contribution is 9.10. The molecule has 0 fully saturated rings. The summed E-state index contributed by atoms with van der Waals surface area (Å²) in [5, 5.41) is 0.855. The van der Waals surface area contributed by atoms with Crippen molar-refractivity contribution in [3.05, 3.63) is 70.3 Å². The van der Waals surface area contributed by atoms with E-state index in [0.29, 0.717) is 11.1 Å². The van der Waals surface area contributed by atoms with E-state index in [1.54, 1.807) is 6.20 Å². The van der Waals surface area contributed by atoms with Gasteiger partial charge in [-0.1, -0.05) is 46.3 Å². The Kier molecular flexibility index (Phi) is 5.34. The van der Waals surface area contributed by atoms with Crippen LogP contribution >= 0.6 is 15.9 Å². The molecule has 140 valence electrons. The molecule has 0 saturated heterocycles. The van der Waals surface area contributed by atoms with Crippen LogP contribution in [0, 0.1) is 0 Å². The van der Waals surface area contributed by atoms with E-state index < -0.39 is 23.4 Å². The Labute approximate surface area is 164 Å². The van der Waals surface area contributed by atoms with E-state index >= 15 is 0 Å². The summed E-state index contributed by atoms with van der Waals surface area (Å²) >= 11 is 3.40. The maximum Gasteiger partial charge on any atom is 0.338 e. The average Bonchev–Trinajstić information content (AvgIpc) is 3.11. The highest BCUT2D eigenvalue weighted by Crippen LogP contribution is 2.39. The molecule has 0 amide bonds. The van der Waals surface area contributed by atoms with Gasteiger partial charge in [-0.05, 0) is 29.3 Å². The summed E-state index contributed by atoms with van der Waals surface area (Å²) in [7, 11) is 2.39. The summed E-state index contributed by atoms with van der Waals surface area (Å²) in [6, 6.07) is 14.9. The smallest absolute Gasteiger partial charge is 0.338 e. The number of aromatic nitrogens is 1. The lowest BCUT2D eigenvalue weighted by Gasteiger charge is -2.32. The van der Waals surface area contributed by atoms with Crippen LogP contribution in [0.1, 0.15) is 17.0 Å². The molecule has 0 aliphatic heterocycles. The molecule has 3 rings (SSSR count). The number of fused-ring (bicyclic) bond motifs is 1. The molecule has 0 aliphatic carbocycles. The van der Waals surface area contributed by atoms with Gasteiger partial charge in [0.05, 0.1) is 20.1 Å². The van der Waals surface area contributed by atoms with E-state index in [1.165, 1.54) is 14.2 Å². The molecule has 7 heteroatoms. The Hall–Kier alpha value is -2.64. The van der Waals surface area contributed by atoms with E-state index in [0.717, 1.165) is 15.4 Å². The van der Waals surface area contributed by atoms with Crippen LogP contribution in [-0.2, 0) is 19.1 Å². The zero-order valence-electron chi connectivity index (χ0n) is 14.9. The van der Waals surface area contributed by atoms with Gasteiger partial charge >= 0.3 is 11.9 Å². The van der Waals surface area contributed by atoms with Gasteiger partial charge in [-0.15, -0.1) is 0 Å².